The third-order valence-electron chi connectivity index (χ3n) is 9.99. The molecular formula is C45H27N5O. The summed E-state index contributed by atoms with van der Waals surface area (Å²) in [5.74, 6) is 1.72. The molecule has 4 aromatic heterocycles. The van der Waals surface area contributed by atoms with Crippen LogP contribution in [-0.2, 0) is 0 Å². The zero-order valence-corrected chi connectivity index (χ0v) is 27.2. The first kappa shape index (κ1) is 27.9. The summed E-state index contributed by atoms with van der Waals surface area (Å²) in [4.78, 5) is 15.8. The first-order valence-electron chi connectivity index (χ1n) is 17.0. The summed E-state index contributed by atoms with van der Waals surface area (Å²) in [6, 6.07) is 56.7. The number of aromatic nitrogens is 5. The zero-order valence-electron chi connectivity index (χ0n) is 27.2. The van der Waals surface area contributed by atoms with Crippen molar-refractivity contribution in [3.63, 3.8) is 0 Å². The topological polar surface area (TPSA) is 61.7 Å². The Balaban J connectivity index is 1.20. The van der Waals surface area contributed by atoms with Gasteiger partial charge in [-0.25, -0.2) is 4.98 Å². The lowest BCUT2D eigenvalue weighted by Crippen LogP contribution is -2.06. The van der Waals surface area contributed by atoms with E-state index in [-0.39, 0.29) is 0 Å². The van der Waals surface area contributed by atoms with Crippen molar-refractivity contribution in [2.24, 2.45) is 0 Å². The van der Waals surface area contributed by atoms with Crippen molar-refractivity contribution >= 4 is 65.6 Å². The lowest BCUT2D eigenvalue weighted by Gasteiger charge is -2.13. The largest absolute Gasteiger partial charge is 0.456 e. The maximum atomic E-state index is 6.30. The highest BCUT2D eigenvalue weighted by Gasteiger charge is 2.21. The second-order valence-corrected chi connectivity index (χ2v) is 12.8. The van der Waals surface area contributed by atoms with Crippen molar-refractivity contribution in [1.29, 1.82) is 0 Å². The average molecular weight is 654 g/mol. The molecule has 6 heteroatoms. The maximum absolute atomic E-state index is 6.30. The molecule has 0 fully saturated rings. The summed E-state index contributed by atoms with van der Waals surface area (Å²) < 4.78 is 10.8. The monoisotopic (exact) mass is 653 g/mol. The smallest absolute Gasteiger partial charge is 0.238 e. The Morgan fingerprint density at radius 1 is 0.392 bits per heavy atom. The van der Waals surface area contributed by atoms with Crippen molar-refractivity contribution in [3.05, 3.63) is 164 Å². The fourth-order valence-electron chi connectivity index (χ4n) is 7.80. The average Bonchev–Trinajstić information content (AvgIpc) is 3.86. The minimum atomic E-state index is 0.555. The Labute approximate surface area is 291 Å². The van der Waals surface area contributed by atoms with Gasteiger partial charge in [-0.1, -0.05) is 115 Å². The van der Waals surface area contributed by atoms with Gasteiger partial charge in [0.2, 0.25) is 5.95 Å². The van der Waals surface area contributed by atoms with Gasteiger partial charge in [0, 0.05) is 49.1 Å². The summed E-state index contributed by atoms with van der Waals surface area (Å²) in [6.45, 7) is 0. The molecule has 0 amide bonds. The van der Waals surface area contributed by atoms with E-state index in [1.54, 1.807) is 0 Å². The van der Waals surface area contributed by atoms with Gasteiger partial charge in [-0.15, -0.1) is 0 Å². The molecule has 0 atom stereocenters. The zero-order chi connectivity index (χ0) is 33.5. The minimum Gasteiger partial charge on any atom is -0.456 e. The van der Waals surface area contributed by atoms with E-state index in [0.29, 0.717) is 17.6 Å². The molecule has 51 heavy (non-hydrogen) atoms. The van der Waals surface area contributed by atoms with Gasteiger partial charge in [-0.05, 0) is 48.5 Å². The Morgan fingerprint density at radius 3 is 1.55 bits per heavy atom. The molecule has 6 nitrogen and oxygen atoms in total. The van der Waals surface area contributed by atoms with Crippen molar-refractivity contribution in [1.82, 2.24) is 24.1 Å². The molecule has 238 valence electrons. The van der Waals surface area contributed by atoms with Gasteiger partial charge in [0.1, 0.15) is 11.2 Å². The Hall–Kier alpha value is -7.05. The highest BCUT2D eigenvalue weighted by Crippen LogP contribution is 2.38. The third kappa shape index (κ3) is 4.14. The van der Waals surface area contributed by atoms with Crippen LogP contribution in [0.5, 0.6) is 0 Å². The fourth-order valence-corrected chi connectivity index (χ4v) is 7.80. The molecule has 4 heterocycles. The molecule has 11 rings (SSSR count). The number of hydrogen-bond acceptors (Lipinski definition) is 4. The van der Waals surface area contributed by atoms with E-state index in [9.17, 15) is 0 Å². The van der Waals surface area contributed by atoms with Gasteiger partial charge >= 0.3 is 0 Å². The summed E-state index contributed by atoms with van der Waals surface area (Å²) in [7, 11) is 0. The summed E-state index contributed by atoms with van der Waals surface area (Å²) in [5, 5.41) is 6.74. The second kappa shape index (κ2) is 10.7. The summed E-state index contributed by atoms with van der Waals surface area (Å²) in [6.07, 6.45) is 0. The normalized spacial score (nSPS) is 11.9. The molecule has 0 N–H and O–H groups in total. The van der Waals surface area contributed by atoms with E-state index in [4.69, 9.17) is 19.4 Å². The molecule has 0 spiro atoms. The standard InChI is InChI=1S/C45H27N5O/c1-6-21-36-30(15-1)31-16-2-7-22-37(31)49(36)29-14-11-13-28(27-29)43-46-44(35-20-12-26-41-42(35)34-19-5-10-25-40(34)51-41)48-45(47-43)50-38-23-8-3-17-32(38)33-18-4-9-24-39(33)50/h1-27H. The predicted octanol–water partition coefficient (Wildman–Crippen LogP) is 11.3. The van der Waals surface area contributed by atoms with E-state index >= 15 is 0 Å². The summed E-state index contributed by atoms with van der Waals surface area (Å²) >= 11 is 0. The minimum absolute atomic E-state index is 0.555. The lowest BCUT2D eigenvalue weighted by molar-refractivity contribution is 0.669. The van der Waals surface area contributed by atoms with Crippen LogP contribution < -0.4 is 0 Å². The highest BCUT2D eigenvalue weighted by molar-refractivity contribution is 6.12. The SMILES string of the molecule is c1cc(-c2nc(-c3cccc4oc5ccccc5c34)nc(-n3c4ccccc4c4ccccc43)n2)cc(-n2c3ccccc3c3ccccc32)c1. The molecule has 0 aliphatic rings. The van der Waals surface area contributed by atoms with E-state index in [0.717, 1.165) is 71.6 Å². The van der Waals surface area contributed by atoms with Gasteiger partial charge in [0.15, 0.2) is 11.6 Å². The molecule has 0 unspecified atom stereocenters. The molecule has 0 radical (unpaired) electrons. The number of rotatable bonds is 4. The first-order valence-corrected chi connectivity index (χ1v) is 17.0. The maximum Gasteiger partial charge on any atom is 0.238 e. The Bertz CT molecular complexity index is 3060. The molecule has 0 aliphatic heterocycles. The number of hydrogen-bond donors (Lipinski definition) is 0. The number of nitrogens with zero attached hydrogens (tertiary/aromatic N) is 5. The van der Waals surface area contributed by atoms with Gasteiger partial charge in [0.25, 0.3) is 0 Å². The van der Waals surface area contributed by atoms with Crippen LogP contribution in [0.2, 0.25) is 0 Å². The molecular weight excluding hydrogens is 627 g/mol. The summed E-state index contributed by atoms with van der Waals surface area (Å²) in [5.41, 5.74) is 8.81. The van der Waals surface area contributed by atoms with Crippen LogP contribution in [0.3, 0.4) is 0 Å². The van der Waals surface area contributed by atoms with Crippen LogP contribution in [0, 0.1) is 0 Å². The molecule has 7 aromatic carbocycles. The first-order chi connectivity index (χ1) is 25.3. The van der Waals surface area contributed by atoms with Crippen LogP contribution in [0.4, 0.5) is 0 Å². The molecule has 0 saturated carbocycles. The lowest BCUT2D eigenvalue weighted by atomic mass is 10.1. The van der Waals surface area contributed by atoms with E-state index in [1.165, 1.54) is 10.8 Å². The Kier molecular flexibility index (Phi) is 5.86. The highest BCUT2D eigenvalue weighted by atomic mass is 16.3. The molecule has 11 aromatic rings. The van der Waals surface area contributed by atoms with E-state index < -0.39 is 0 Å². The number of para-hydroxylation sites is 5. The van der Waals surface area contributed by atoms with Gasteiger partial charge < -0.3 is 8.98 Å². The van der Waals surface area contributed by atoms with Crippen molar-refractivity contribution < 1.29 is 4.42 Å². The molecule has 0 saturated heterocycles. The number of furan rings is 1. The van der Waals surface area contributed by atoms with E-state index in [1.807, 2.05) is 30.3 Å². The van der Waals surface area contributed by atoms with Crippen molar-refractivity contribution in [3.8, 4) is 34.4 Å². The number of benzene rings is 7. The molecule has 0 aliphatic carbocycles. The Morgan fingerprint density at radius 2 is 0.902 bits per heavy atom. The van der Waals surface area contributed by atoms with Gasteiger partial charge in [-0.2, -0.15) is 9.97 Å². The van der Waals surface area contributed by atoms with Crippen molar-refractivity contribution in [2.45, 2.75) is 0 Å². The van der Waals surface area contributed by atoms with Gasteiger partial charge in [-0.3, -0.25) is 4.57 Å². The van der Waals surface area contributed by atoms with Crippen LogP contribution in [-0.4, -0.2) is 24.1 Å². The fraction of sp³-hybridized carbons (Fsp3) is 0. The second-order valence-electron chi connectivity index (χ2n) is 12.8. The van der Waals surface area contributed by atoms with Crippen LogP contribution in [0.15, 0.2) is 168 Å². The van der Waals surface area contributed by atoms with E-state index in [2.05, 4.69) is 143 Å². The van der Waals surface area contributed by atoms with Crippen LogP contribution in [0.25, 0.3) is 100.0 Å². The quantitative estimate of drug-likeness (QED) is 0.190. The molecule has 0 bridgehead atoms. The predicted molar refractivity (Wildman–Crippen MR) is 207 cm³/mol. The van der Waals surface area contributed by atoms with Crippen LogP contribution >= 0.6 is 0 Å². The van der Waals surface area contributed by atoms with Gasteiger partial charge in [0.05, 0.1) is 22.1 Å². The van der Waals surface area contributed by atoms with Crippen molar-refractivity contribution in [2.75, 3.05) is 0 Å². The number of fused-ring (bicyclic) bond motifs is 9. The van der Waals surface area contributed by atoms with Crippen LogP contribution in [0.1, 0.15) is 0 Å². The third-order valence-corrected chi connectivity index (χ3v) is 9.99.